The van der Waals surface area contributed by atoms with Gasteiger partial charge in [-0.2, -0.15) is 8.78 Å². The van der Waals surface area contributed by atoms with Gasteiger partial charge in [-0.1, -0.05) is 26.8 Å². The zero-order valence-electron chi connectivity index (χ0n) is 18.1. The van der Waals surface area contributed by atoms with E-state index >= 15 is 0 Å². The molecule has 0 amide bonds. The smallest absolute Gasteiger partial charge is 0.387 e. The minimum Gasteiger partial charge on any atom is -0.493 e. The molecule has 0 atom stereocenters. The molecule has 1 aromatic carbocycles. The van der Waals surface area contributed by atoms with Gasteiger partial charge in [0.05, 0.1) is 13.3 Å². The normalized spacial score (nSPS) is 12.2. The second-order valence-electron chi connectivity index (χ2n) is 7.60. The number of hydrogen-bond donors (Lipinski definition) is 2. The number of nitrogens with zero attached hydrogens (tertiary/aromatic N) is 2. The Bertz CT molecular complexity index is 832. The van der Waals surface area contributed by atoms with Crippen LogP contribution in [0.5, 0.6) is 11.5 Å². The van der Waals surface area contributed by atoms with Crippen LogP contribution in [0.3, 0.4) is 0 Å². The van der Waals surface area contributed by atoms with E-state index in [9.17, 15) is 8.78 Å². The van der Waals surface area contributed by atoms with Crippen molar-refractivity contribution in [3.8, 4) is 11.5 Å². The SMILES string of the molecule is CCNC(=NCc1ncc(C(C)(C)C)o1)NCCc1ccc(OC)c(OC(F)F)c1. The fourth-order valence-electron chi connectivity index (χ4n) is 2.61. The third-order valence-corrected chi connectivity index (χ3v) is 4.16. The van der Waals surface area contributed by atoms with Crippen molar-refractivity contribution in [3.05, 3.63) is 41.6 Å². The number of benzene rings is 1. The van der Waals surface area contributed by atoms with Crippen molar-refractivity contribution < 1.29 is 22.7 Å². The predicted molar refractivity (Wildman–Crippen MR) is 111 cm³/mol. The van der Waals surface area contributed by atoms with Gasteiger partial charge in [0.1, 0.15) is 12.3 Å². The summed E-state index contributed by atoms with van der Waals surface area (Å²) in [5.41, 5.74) is 0.723. The van der Waals surface area contributed by atoms with Gasteiger partial charge in [0, 0.05) is 18.5 Å². The minimum absolute atomic E-state index is 0.0177. The number of aromatic nitrogens is 1. The van der Waals surface area contributed by atoms with Gasteiger partial charge >= 0.3 is 6.61 Å². The summed E-state index contributed by atoms with van der Waals surface area (Å²) in [6.07, 6.45) is 2.31. The molecule has 0 fully saturated rings. The van der Waals surface area contributed by atoms with Crippen LogP contribution >= 0.6 is 0 Å². The molecule has 2 N–H and O–H groups in total. The van der Waals surface area contributed by atoms with E-state index in [2.05, 4.69) is 46.1 Å². The number of halogens is 2. The van der Waals surface area contributed by atoms with Crippen LogP contribution in [-0.4, -0.2) is 37.8 Å². The summed E-state index contributed by atoms with van der Waals surface area (Å²) in [6, 6.07) is 4.98. The quantitative estimate of drug-likeness (QED) is 0.470. The Balaban J connectivity index is 1.96. The molecule has 0 saturated heterocycles. The molecular formula is C21H30F2N4O3. The lowest BCUT2D eigenvalue weighted by molar-refractivity contribution is -0.0512. The Kier molecular flexibility index (Phi) is 8.44. The van der Waals surface area contributed by atoms with Crippen molar-refractivity contribution in [2.75, 3.05) is 20.2 Å². The largest absolute Gasteiger partial charge is 0.493 e. The lowest BCUT2D eigenvalue weighted by Crippen LogP contribution is -2.38. The standard InChI is InChI=1S/C21H30F2N4O3/c1-6-24-20(27-13-18-26-12-17(30-18)21(2,3)4)25-10-9-14-7-8-15(28-5)16(11-14)29-19(22)23/h7-8,11-12,19H,6,9-10,13H2,1-5H3,(H2,24,25,27). The number of aliphatic imine (C=N–C) groups is 1. The van der Waals surface area contributed by atoms with Crippen LogP contribution in [0.15, 0.2) is 33.8 Å². The van der Waals surface area contributed by atoms with Crippen molar-refractivity contribution in [2.24, 2.45) is 4.99 Å². The third-order valence-electron chi connectivity index (χ3n) is 4.16. The van der Waals surface area contributed by atoms with Gasteiger partial charge in [-0.25, -0.2) is 9.98 Å². The van der Waals surface area contributed by atoms with E-state index in [4.69, 9.17) is 9.15 Å². The topological polar surface area (TPSA) is 80.9 Å². The van der Waals surface area contributed by atoms with Crippen LogP contribution in [0.4, 0.5) is 8.78 Å². The van der Waals surface area contributed by atoms with E-state index in [1.54, 1.807) is 18.3 Å². The van der Waals surface area contributed by atoms with Gasteiger partial charge in [-0.15, -0.1) is 0 Å². The molecule has 166 valence electrons. The van der Waals surface area contributed by atoms with Gasteiger partial charge in [0.2, 0.25) is 5.89 Å². The van der Waals surface area contributed by atoms with E-state index < -0.39 is 6.61 Å². The number of nitrogens with one attached hydrogen (secondary N) is 2. The van der Waals surface area contributed by atoms with Crippen LogP contribution in [0.1, 0.15) is 44.9 Å². The van der Waals surface area contributed by atoms with Crippen LogP contribution in [0, 0.1) is 0 Å². The molecule has 0 spiro atoms. The molecule has 9 heteroatoms. The Hall–Kier alpha value is -2.84. The van der Waals surface area contributed by atoms with Gasteiger partial charge in [-0.05, 0) is 31.0 Å². The molecule has 0 aliphatic carbocycles. The second-order valence-corrected chi connectivity index (χ2v) is 7.60. The van der Waals surface area contributed by atoms with E-state index in [-0.39, 0.29) is 16.9 Å². The molecule has 0 aliphatic rings. The highest BCUT2D eigenvalue weighted by Crippen LogP contribution is 2.29. The summed E-state index contributed by atoms with van der Waals surface area (Å²) in [5, 5.41) is 6.37. The Morgan fingerprint density at radius 2 is 2.00 bits per heavy atom. The lowest BCUT2D eigenvalue weighted by atomic mass is 9.94. The number of ether oxygens (including phenoxy) is 2. The van der Waals surface area contributed by atoms with Crippen LogP contribution < -0.4 is 20.1 Å². The second kappa shape index (κ2) is 10.8. The molecule has 1 heterocycles. The van der Waals surface area contributed by atoms with E-state index in [1.165, 1.54) is 7.11 Å². The van der Waals surface area contributed by atoms with Crippen molar-refractivity contribution in [2.45, 2.75) is 52.7 Å². The first-order valence-corrected chi connectivity index (χ1v) is 9.82. The van der Waals surface area contributed by atoms with Crippen LogP contribution in [0.25, 0.3) is 0 Å². The molecule has 0 radical (unpaired) electrons. The number of rotatable bonds is 9. The average Bonchev–Trinajstić information content (AvgIpc) is 3.15. The number of oxazole rings is 1. The van der Waals surface area contributed by atoms with Crippen LogP contribution in [0.2, 0.25) is 0 Å². The number of methoxy groups -OCH3 is 1. The monoisotopic (exact) mass is 424 g/mol. The highest BCUT2D eigenvalue weighted by atomic mass is 19.3. The molecule has 0 aliphatic heterocycles. The predicted octanol–water partition coefficient (Wildman–Crippen LogP) is 3.88. The first-order valence-electron chi connectivity index (χ1n) is 9.82. The fourth-order valence-corrected chi connectivity index (χ4v) is 2.61. The maximum Gasteiger partial charge on any atom is 0.387 e. The molecule has 30 heavy (non-hydrogen) atoms. The van der Waals surface area contributed by atoms with E-state index in [1.807, 2.05) is 13.0 Å². The molecule has 2 aromatic rings. The minimum atomic E-state index is -2.91. The zero-order valence-corrected chi connectivity index (χ0v) is 18.1. The average molecular weight is 424 g/mol. The lowest BCUT2D eigenvalue weighted by Gasteiger charge is -2.13. The third kappa shape index (κ3) is 7.20. The molecule has 0 unspecified atom stereocenters. The van der Waals surface area contributed by atoms with Gasteiger partial charge in [0.15, 0.2) is 17.5 Å². The summed E-state index contributed by atoms with van der Waals surface area (Å²) < 4.78 is 40.5. The molecule has 0 bridgehead atoms. The van der Waals surface area contributed by atoms with Crippen LogP contribution in [-0.2, 0) is 18.4 Å². The number of guanidine groups is 1. The van der Waals surface area contributed by atoms with Crippen molar-refractivity contribution in [3.63, 3.8) is 0 Å². The Labute approximate surface area is 175 Å². The summed E-state index contributed by atoms with van der Waals surface area (Å²) in [7, 11) is 1.41. The number of hydrogen-bond acceptors (Lipinski definition) is 5. The first kappa shape index (κ1) is 23.4. The molecule has 0 saturated carbocycles. The maximum absolute atomic E-state index is 12.6. The molecule has 7 nitrogen and oxygen atoms in total. The fraction of sp³-hybridized carbons (Fsp3) is 0.524. The Morgan fingerprint density at radius 3 is 2.60 bits per heavy atom. The van der Waals surface area contributed by atoms with Gasteiger partial charge in [0.25, 0.3) is 0 Å². The Morgan fingerprint density at radius 1 is 1.23 bits per heavy atom. The summed E-state index contributed by atoms with van der Waals surface area (Å²) in [4.78, 5) is 8.76. The summed E-state index contributed by atoms with van der Waals surface area (Å²) in [5.74, 6) is 2.25. The number of alkyl halides is 2. The molecule has 2 rings (SSSR count). The summed E-state index contributed by atoms with van der Waals surface area (Å²) >= 11 is 0. The van der Waals surface area contributed by atoms with E-state index in [0.717, 1.165) is 11.3 Å². The summed E-state index contributed by atoms with van der Waals surface area (Å²) in [6.45, 7) is 6.78. The highest BCUT2D eigenvalue weighted by Gasteiger charge is 2.19. The maximum atomic E-state index is 12.6. The molecular weight excluding hydrogens is 394 g/mol. The first-order chi connectivity index (χ1) is 14.2. The highest BCUT2D eigenvalue weighted by molar-refractivity contribution is 5.79. The zero-order chi connectivity index (χ0) is 22.1. The van der Waals surface area contributed by atoms with Gasteiger partial charge in [-0.3, -0.25) is 0 Å². The van der Waals surface area contributed by atoms with Crippen molar-refractivity contribution in [1.82, 2.24) is 15.6 Å². The van der Waals surface area contributed by atoms with Crippen molar-refractivity contribution >= 4 is 5.96 Å². The van der Waals surface area contributed by atoms with Gasteiger partial charge < -0.3 is 24.5 Å². The van der Waals surface area contributed by atoms with Crippen molar-refractivity contribution in [1.29, 1.82) is 0 Å². The molecule has 1 aromatic heterocycles. The van der Waals surface area contributed by atoms with E-state index in [0.29, 0.717) is 37.9 Å².